The first kappa shape index (κ1) is 24.8. The standard InChI is InChI=1S/C29H42S/c1-20(2)27-18-25(23(5)26(19-27)15-13-22(4)30)14-12-21(3)28(24-10-9-11-24)16-17-29(6,7)8/h13,16-19,21,30H,1,9-12,14-15H2,2-8H3/b17-16+,22-13+. The molecule has 0 radical (unpaired) electrons. The second-order valence-electron chi connectivity index (χ2n) is 10.3. The van der Waals surface area contributed by atoms with E-state index in [4.69, 9.17) is 0 Å². The lowest BCUT2D eigenvalue weighted by atomic mass is 9.80. The van der Waals surface area contributed by atoms with Gasteiger partial charge in [-0.05, 0) is 103 Å². The van der Waals surface area contributed by atoms with E-state index in [1.807, 2.05) is 6.92 Å². The lowest BCUT2D eigenvalue weighted by Gasteiger charge is -2.26. The Morgan fingerprint density at radius 2 is 1.80 bits per heavy atom. The van der Waals surface area contributed by atoms with Crippen LogP contribution in [0.2, 0.25) is 0 Å². The van der Waals surface area contributed by atoms with Crippen molar-refractivity contribution in [2.45, 2.75) is 87.0 Å². The Morgan fingerprint density at radius 1 is 1.17 bits per heavy atom. The van der Waals surface area contributed by atoms with Crippen molar-refractivity contribution in [3.05, 3.63) is 75.2 Å². The van der Waals surface area contributed by atoms with Crippen LogP contribution in [-0.4, -0.2) is 0 Å². The van der Waals surface area contributed by atoms with Gasteiger partial charge in [0, 0.05) is 0 Å². The molecule has 0 saturated heterocycles. The highest BCUT2D eigenvalue weighted by Crippen LogP contribution is 2.35. The number of allylic oxidation sites excluding steroid dienone is 7. The summed E-state index contributed by atoms with van der Waals surface area (Å²) in [5, 5.41) is 0. The molecule has 1 saturated carbocycles. The number of hydrogen-bond donors (Lipinski definition) is 1. The van der Waals surface area contributed by atoms with Crippen LogP contribution in [0.4, 0.5) is 0 Å². The van der Waals surface area contributed by atoms with Crippen molar-refractivity contribution in [2.24, 2.45) is 11.3 Å². The van der Waals surface area contributed by atoms with Gasteiger partial charge in [-0.3, -0.25) is 0 Å². The average Bonchev–Trinajstić information content (AvgIpc) is 2.60. The Kier molecular flexibility index (Phi) is 8.85. The molecule has 1 aliphatic rings. The van der Waals surface area contributed by atoms with Crippen molar-refractivity contribution in [3.8, 4) is 0 Å². The fourth-order valence-electron chi connectivity index (χ4n) is 3.96. The summed E-state index contributed by atoms with van der Waals surface area (Å²) in [4.78, 5) is 1.08. The van der Waals surface area contributed by atoms with Crippen molar-refractivity contribution >= 4 is 18.2 Å². The zero-order valence-corrected chi connectivity index (χ0v) is 21.3. The molecule has 2 rings (SSSR count). The van der Waals surface area contributed by atoms with Crippen molar-refractivity contribution in [1.82, 2.24) is 0 Å². The summed E-state index contributed by atoms with van der Waals surface area (Å²) in [6.45, 7) is 19.9. The van der Waals surface area contributed by atoms with Crippen molar-refractivity contribution in [2.75, 3.05) is 0 Å². The Bertz CT molecular complexity index is 845. The summed E-state index contributed by atoms with van der Waals surface area (Å²) in [6, 6.07) is 4.68. The predicted octanol–water partition coefficient (Wildman–Crippen LogP) is 9.06. The largest absolute Gasteiger partial charge is 0.149 e. The number of thiol groups is 1. The second-order valence-corrected chi connectivity index (χ2v) is 11.0. The third kappa shape index (κ3) is 7.34. The highest BCUT2D eigenvalue weighted by Gasteiger charge is 2.19. The molecule has 0 amide bonds. The van der Waals surface area contributed by atoms with Gasteiger partial charge < -0.3 is 0 Å². The van der Waals surface area contributed by atoms with E-state index >= 15 is 0 Å². The van der Waals surface area contributed by atoms with Crippen LogP contribution in [-0.2, 0) is 12.8 Å². The summed E-state index contributed by atoms with van der Waals surface area (Å²) in [5.41, 5.74) is 10.2. The van der Waals surface area contributed by atoms with Crippen molar-refractivity contribution in [3.63, 3.8) is 0 Å². The molecule has 1 atom stereocenters. The molecule has 0 nitrogen and oxygen atoms in total. The summed E-state index contributed by atoms with van der Waals surface area (Å²) in [6.07, 6.45) is 14.2. The first-order valence-electron chi connectivity index (χ1n) is 11.5. The Balaban J connectivity index is 2.25. The predicted molar refractivity (Wildman–Crippen MR) is 139 cm³/mol. The Morgan fingerprint density at radius 3 is 2.30 bits per heavy atom. The topological polar surface area (TPSA) is 0 Å². The zero-order valence-electron chi connectivity index (χ0n) is 20.4. The summed E-state index contributed by atoms with van der Waals surface area (Å²) in [5.74, 6) is 0.592. The second kappa shape index (κ2) is 10.7. The summed E-state index contributed by atoms with van der Waals surface area (Å²) < 4.78 is 0. The first-order valence-corrected chi connectivity index (χ1v) is 12.0. The van der Waals surface area contributed by atoms with E-state index in [2.05, 4.69) is 91.1 Å². The van der Waals surface area contributed by atoms with Crippen LogP contribution in [0.1, 0.15) is 89.5 Å². The number of benzene rings is 1. The van der Waals surface area contributed by atoms with Gasteiger partial charge in [0.05, 0.1) is 0 Å². The van der Waals surface area contributed by atoms with E-state index in [9.17, 15) is 0 Å². The normalized spacial score (nSPS) is 16.0. The van der Waals surface area contributed by atoms with Gasteiger partial charge in [0.25, 0.3) is 0 Å². The van der Waals surface area contributed by atoms with Crippen molar-refractivity contribution in [1.29, 1.82) is 0 Å². The molecule has 0 aliphatic heterocycles. The third-order valence-corrected chi connectivity index (χ3v) is 6.42. The molecule has 0 N–H and O–H groups in total. The van der Waals surface area contributed by atoms with Gasteiger partial charge in [-0.2, -0.15) is 0 Å². The molecule has 164 valence electrons. The van der Waals surface area contributed by atoms with E-state index in [0.717, 1.165) is 23.3 Å². The quantitative estimate of drug-likeness (QED) is 0.397. The molecule has 0 aromatic heterocycles. The van der Waals surface area contributed by atoms with E-state index in [-0.39, 0.29) is 5.41 Å². The average molecular weight is 423 g/mol. The minimum absolute atomic E-state index is 0.231. The van der Waals surface area contributed by atoms with Gasteiger partial charge in [-0.25, -0.2) is 0 Å². The lowest BCUT2D eigenvalue weighted by molar-refractivity contribution is 0.537. The molecule has 1 unspecified atom stereocenters. The minimum Gasteiger partial charge on any atom is -0.149 e. The third-order valence-electron chi connectivity index (χ3n) is 6.24. The van der Waals surface area contributed by atoms with Gasteiger partial charge in [0.2, 0.25) is 0 Å². The zero-order chi connectivity index (χ0) is 22.5. The monoisotopic (exact) mass is 422 g/mol. The van der Waals surface area contributed by atoms with Gasteiger partial charge in [0.1, 0.15) is 0 Å². The molecule has 0 bridgehead atoms. The van der Waals surface area contributed by atoms with Crippen LogP contribution < -0.4 is 0 Å². The molecule has 0 spiro atoms. The van der Waals surface area contributed by atoms with Gasteiger partial charge in [0.15, 0.2) is 0 Å². The number of aryl methyl sites for hydroxylation is 1. The van der Waals surface area contributed by atoms with Crippen LogP contribution in [0.25, 0.3) is 5.57 Å². The molecule has 1 aromatic carbocycles. The summed E-state index contributed by atoms with van der Waals surface area (Å²) >= 11 is 4.45. The molecule has 1 fully saturated rings. The maximum Gasteiger partial charge on any atom is -0.00838 e. The Labute approximate surface area is 191 Å². The minimum atomic E-state index is 0.231. The van der Waals surface area contributed by atoms with E-state index in [1.165, 1.54) is 47.9 Å². The highest BCUT2D eigenvalue weighted by atomic mass is 32.1. The fourth-order valence-corrected chi connectivity index (χ4v) is 4.05. The van der Waals surface area contributed by atoms with Crippen LogP contribution in [0.3, 0.4) is 0 Å². The van der Waals surface area contributed by atoms with Crippen LogP contribution >= 0.6 is 12.6 Å². The first-order chi connectivity index (χ1) is 14.0. The van der Waals surface area contributed by atoms with E-state index in [1.54, 1.807) is 11.1 Å². The maximum atomic E-state index is 4.45. The molecule has 1 aliphatic carbocycles. The SMILES string of the molecule is C=C(C)c1cc(C/C=C(\C)S)c(C)c(CCC(C)C(/C=C/C(C)(C)C)=C2CCC2)c1. The maximum absolute atomic E-state index is 4.45. The van der Waals surface area contributed by atoms with Gasteiger partial charge in [-0.1, -0.05) is 75.8 Å². The molecule has 1 heteroatoms. The lowest BCUT2D eigenvalue weighted by Crippen LogP contribution is -2.10. The van der Waals surface area contributed by atoms with E-state index < -0.39 is 0 Å². The van der Waals surface area contributed by atoms with E-state index in [0.29, 0.717) is 5.92 Å². The van der Waals surface area contributed by atoms with Crippen LogP contribution in [0.15, 0.2) is 53.0 Å². The van der Waals surface area contributed by atoms with Crippen LogP contribution in [0, 0.1) is 18.3 Å². The highest BCUT2D eigenvalue weighted by molar-refractivity contribution is 7.84. The van der Waals surface area contributed by atoms with Crippen LogP contribution in [0.5, 0.6) is 0 Å². The molecule has 30 heavy (non-hydrogen) atoms. The summed E-state index contributed by atoms with van der Waals surface area (Å²) in [7, 11) is 0. The van der Waals surface area contributed by atoms with Gasteiger partial charge >= 0.3 is 0 Å². The molecular weight excluding hydrogens is 380 g/mol. The number of rotatable bonds is 8. The number of hydrogen-bond acceptors (Lipinski definition) is 1. The molecule has 0 heterocycles. The smallest absolute Gasteiger partial charge is 0.00838 e. The van der Waals surface area contributed by atoms with Gasteiger partial charge in [-0.15, -0.1) is 12.6 Å². The molecular formula is C29H42S. The molecule has 1 aromatic rings. The van der Waals surface area contributed by atoms with Crippen molar-refractivity contribution < 1.29 is 0 Å². The fraction of sp³-hybridized carbons (Fsp3) is 0.517. The Hall–Kier alpha value is -1.47.